The highest BCUT2D eigenvalue weighted by atomic mass is 32.1. The molecule has 1 amide bonds. The average molecular weight is 478 g/mol. The molecule has 2 aliphatic heterocycles. The second kappa shape index (κ2) is 8.76. The van der Waals surface area contributed by atoms with Gasteiger partial charge in [0.05, 0.1) is 15.9 Å². The molecule has 176 valence electrons. The molecule has 0 bridgehead atoms. The van der Waals surface area contributed by atoms with Crippen LogP contribution in [-0.4, -0.2) is 52.9 Å². The number of benzene rings is 2. The fourth-order valence-corrected chi connectivity index (χ4v) is 6.17. The lowest BCUT2D eigenvalue weighted by Gasteiger charge is -2.29. The molecule has 4 heterocycles. The summed E-state index contributed by atoms with van der Waals surface area (Å²) in [6.45, 7) is 3.00. The van der Waals surface area contributed by atoms with Gasteiger partial charge in [-0.2, -0.15) is 0 Å². The van der Waals surface area contributed by atoms with Crippen LogP contribution in [0.1, 0.15) is 47.6 Å². The van der Waals surface area contributed by atoms with E-state index in [-0.39, 0.29) is 23.8 Å². The number of nitrogens with zero attached hydrogens (tertiary/aromatic N) is 3. The van der Waals surface area contributed by atoms with Crippen molar-refractivity contribution in [2.45, 2.75) is 37.8 Å². The molecule has 0 spiro atoms. The predicted octanol–water partition coefficient (Wildman–Crippen LogP) is 4.60. The SMILES string of the molecule is CN1CCC(NC(=O)c2ccc3c(c2)sc2nc(-c4ccc([C@@H]5CCCN5)cc4F)cn23)CC1. The van der Waals surface area contributed by atoms with E-state index in [4.69, 9.17) is 4.98 Å². The van der Waals surface area contributed by atoms with Gasteiger partial charge in [-0.15, -0.1) is 0 Å². The molecule has 2 aromatic carbocycles. The van der Waals surface area contributed by atoms with Crippen molar-refractivity contribution in [1.82, 2.24) is 24.9 Å². The Bertz CT molecular complexity index is 1360. The first-order valence-electron chi connectivity index (χ1n) is 12.0. The molecule has 6 nitrogen and oxygen atoms in total. The van der Waals surface area contributed by atoms with E-state index < -0.39 is 0 Å². The van der Waals surface area contributed by atoms with E-state index in [9.17, 15) is 9.18 Å². The summed E-state index contributed by atoms with van der Waals surface area (Å²) in [6.07, 6.45) is 6.02. The van der Waals surface area contributed by atoms with Gasteiger partial charge in [-0.3, -0.25) is 9.20 Å². The minimum Gasteiger partial charge on any atom is -0.349 e. The topological polar surface area (TPSA) is 61.7 Å². The number of piperidine rings is 1. The van der Waals surface area contributed by atoms with Crippen LogP contribution in [0.2, 0.25) is 0 Å². The van der Waals surface area contributed by atoms with Gasteiger partial charge < -0.3 is 15.5 Å². The average Bonchev–Trinajstić information content (AvgIpc) is 3.57. The van der Waals surface area contributed by atoms with Crippen molar-refractivity contribution >= 4 is 32.4 Å². The Morgan fingerprint density at radius 1 is 1.18 bits per heavy atom. The van der Waals surface area contributed by atoms with E-state index >= 15 is 0 Å². The van der Waals surface area contributed by atoms with Crippen molar-refractivity contribution in [2.24, 2.45) is 0 Å². The van der Waals surface area contributed by atoms with Crippen molar-refractivity contribution in [1.29, 1.82) is 0 Å². The van der Waals surface area contributed by atoms with Crippen molar-refractivity contribution in [2.75, 3.05) is 26.7 Å². The number of aromatic nitrogens is 2. The van der Waals surface area contributed by atoms with E-state index in [1.807, 2.05) is 40.9 Å². The van der Waals surface area contributed by atoms with Gasteiger partial charge in [0.1, 0.15) is 5.82 Å². The Hall–Kier alpha value is -2.81. The number of hydrogen-bond acceptors (Lipinski definition) is 5. The molecule has 2 aromatic heterocycles. The second-order valence-corrected chi connectivity index (χ2v) is 10.5. The molecule has 2 aliphatic rings. The summed E-state index contributed by atoms with van der Waals surface area (Å²) in [5.74, 6) is -0.267. The first kappa shape index (κ1) is 21.7. The molecule has 8 heteroatoms. The van der Waals surface area contributed by atoms with E-state index in [1.54, 1.807) is 6.07 Å². The highest BCUT2D eigenvalue weighted by molar-refractivity contribution is 7.23. The lowest BCUT2D eigenvalue weighted by atomic mass is 10.0. The highest BCUT2D eigenvalue weighted by Crippen LogP contribution is 2.32. The Morgan fingerprint density at radius 2 is 2.03 bits per heavy atom. The monoisotopic (exact) mass is 477 g/mol. The molecule has 34 heavy (non-hydrogen) atoms. The Morgan fingerprint density at radius 3 is 2.79 bits per heavy atom. The number of thiazole rings is 1. The zero-order valence-corrected chi connectivity index (χ0v) is 20.0. The van der Waals surface area contributed by atoms with Gasteiger partial charge in [-0.1, -0.05) is 17.4 Å². The van der Waals surface area contributed by atoms with Crippen molar-refractivity contribution in [3.05, 3.63) is 59.5 Å². The van der Waals surface area contributed by atoms with Crippen LogP contribution in [0.25, 0.3) is 26.4 Å². The number of fused-ring (bicyclic) bond motifs is 3. The van der Waals surface area contributed by atoms with Crippen LogP contribution in [0.15, 0.2) is 42.6 Å². The molecular formula is C26H28FN5OS. The van der Waals surface area contributed by atoms with E-state index in [2.05, 4.69) is 22.6 Å². The second-order valence-electron chi connectivity index (χ2n) is 9.50. The van der Waals surface area contributed by atoms with E-state index in [0.29, 0.717) is 16.8 Å². The van der Waals surface area contributed by atoms with Crippen LogP contribution in [-0.2, 0) is 0 Å². The zero-order valence-electron chi connectivity index (χ0n) is 19.2. The smallest absolute Gasteiger partial charge is 0.251 e. The summed E-state index contributed by atoms with van der Waals surface area (Å²) in [4.78, 5) is 20.6. The third-order valence-electron chi connectivity index (χ3n) is 7.14. The number of hydrogen-bond donors (Lipinski definition) is 2. The van der Waals surface area contributed by atoms with Crippen molar-refractivity contribution in [3.8, 4) is 11.3 Å². The lowest BCUT2D eigenvalue weighted by Crippen LogP contribution is -2.43. The van der Waals surface area contributed by atoms with Crippen molar-refractivity contribution < 1.29 is 9.18 Å². The van der Waals surface area contributed by atoms with E-state index in [0.717, 1.165) is 66.1 Å². The summed E-state index contributed by atoms with van der Waals surface area (Å²) in [6, 6.07) is 11.7. The standard InChI is InChI=1S/C26H28FN5OS/c1-31-11-8-18(9-12-31)29-25(33)17-5-7-23-24(14-17)34-26-30-22(15-32(23)26)19-6-4-16(13-20(19)27)21-3-2-10-28-21/h4-7,13-15,18,21,28H,2-3,8-12H2,1H3,(H,29,33)/t21-/m0/s1. The lowest BCUT2D eigenvalue weighted by molar-refractivity contribution is 0.0917. The Balaban J connectivity index is 1.24. The van der Waals surface area contributed by atoms with Crippen LogP contribution in [0, 0.1) is 5.82 Å². The minimum atomic E-state index is -0.242. The number of imidazole rings is 1. The molecule has 2 fully saturated rings. The quantitative estimate of drug-likeness (QED) is 0.451. The van der Waals surface area contributed by atoms with Gasteiger partial charge in [0, 0.05) is 29.4 Å². The van der Waals surface area contributed by atoms with Crippen LogP contribution in [0.4, 0.5) is 4.39 Å². The van der Waals surface area contributed by atoms with Crippen LogP contribution in [0.3, 0.4) is 0 Å². The molecule has 0 saturated carbocycles. The third-order valence-corrected chi connectivity index (χ3v) is 8.16. The molecule has 2 N–H and O–H groups in total. The van der Waals surface area contributed by atoms with Gasteiger partial charge in [0.2, 0.25) is 0 Å². The van der Waals surface area contributed by atoms with Gasteiger partial charge in [0.25, 0.3) is 5.91 Å². The number of nitrogens with one attached hydrogen (secondary N) is 2. The summed E-state index contributed by atoms with van der Waals surface area (Å²) in [5, 5.41) is 6.60. The fourth-order valence-electron chi connectivity index (χ4n) is 5.12. The zero-order chi connectivity index (χ0) is 23.2. The molecule has 6 rings (SSSR count). The van der Waals surface area contributed by atoms with Crippen LogP contribution in [0.5, 0.6) is 0 Å². The first-order chi connectivity index (χ1) is 16.5. The molecule has 0 unspecified atom stereocenters. The van der Waals surface area contributed by atoms with Gasteiger partial charge >= 0.3 is 0 Å². The first-order valence-corrected chi connectivity index (χ1v) is 12.8. The largest absolute Gasteiger partial charge is 0.349 e. The highest BCUT2D eigenvalue weighted by Gasteiger charge is 2.21. The Labute approximate surface area is 201 Å². The van der Waals surface area contributed by atoms with Crippen molar-refractivity contribution in [3.63, 3.8) is 0 Å². The third kappa shape index (κ3) is 4.00. The van der Waals surface area contributed by atoms with E-state index in [1.165, 1.54) is 11.3 Å². The van der Waals surface area contributed by atoms with Gasteiger partial charge in [-0.05, 0) is 88.3 Å². The number of rotatable bonds is 4. The summed E-state index contributed by atoms with van der Waals surface area (Å²) >= 11 is 1.52. The molecule has 0 aliphatic carbocycles. The van der Waals surface area contributed by atoms with Crippen LogP contribution < -0.4 is 10.6 Å². The molecule has 0 radical (unpaired) electrons. The number of carbonyl (C=O) groups excluding carboxylic acids is 1. The summed E-state index contributed by atoms with van der Waals surface area (Å²) in [7, 11) is 2.11. The minimum absolute atomic E-state index is 0.0258. The number of amides is 1. The van der Waals surface area contributed by atoms with Gasteiger partial charge in [-0.25, -0.2) is 9.37 Å². The summed E-state index contributed by atoms with van der Waals surface area (Å²) < 4.78 is 18.0. The summed E-state index contributed by atoms with van der Waals surface area (Å²) in [5.41, 5.74) is 3.77. The Kier molecular flexibility index (Phi) is 5.59. The number of halogens is 1. The normalized spacial score (nSPS) is 19.9. The number of likely N-dealkylation sites (tertiary alicyclic amines) is 1. The molecular weight excluding hydrogens is 449 g/mol. The molecule has 1 atom stereocenters. The maximum atomic E-state index is 15.0. The molecule has 4 aromatic rings. The molecule has 2 saturated heterocycles. The van der Waals surface area contributed by atoms with Crippen LogP contribution >= 0.6 is 11.3 Å². The number of carbonyl (C=O) groups is 1. The maximum Gasteiger partial charge on any atom is 0.251 e. The predicted molar refractivity (Wildman–Crippen MR) is 134 cm³/mol. The fraction of sp³-hybridized carbons (Fsp3) is 0.385. The maximum absolute atomic E-state index is 15.0. The van der Waals surface area contributed by atoms with Gasteiger partial charge in [0.15, 0.2) is 4.96 Å².